The Hall–Kier alpha value is -2.60. The molecule has 0 atom stereocenters. The number of hydrogen-bond donors (Lipinski definition) is 1. The van der Waals surface area contributed by atoms with Gasteiger partial charge in [0.1, 0.15) is 0 Å². The van der Waals surface area contributed by atoms with Gasteiger partial charge in [-0.2, -0.15) is 5.26 Å². The molecule has 1 rings (SSSR count). The van der Waals surface area contributed by atoms with E-state index in [1.54, 1.807) is 6.08 Å². The average molecular weight is 297 g/mol. The van der Waals surface area contributed by atoms with E-state index in [9.17, 15) is 4.79 Å². The summed E-state index contributed by atoms with van der Waals surface area (Å²) in [5.74, 6) is -0.894. The Morgan fingerprint density at radius 1 is 1.27 bits per heavy atom. The predicted octanol–water partition coefficient (Wildman–Crippen LogP) is 4.84. The van der Waals surface area contributed by atoms with Crippen molar-refractivity contribution in [1.82, 2.24) is 0 Å². The second-order valence-electron chi connectivity index (χ2n) is 5.90. The molecule has 3 nitrogen and oxygen atoms in total. The minimum Gasteiger partial charge on any atom is -0.478 e. The Morgan fingerprint density at radius 3 is 2.27 bits per heavy atom. The summed E-state index contributed by atoms with van der Waals surface area (Å²) >= 11 is 0. The third kappa shape index (κ3) is 11.2. The van der Waals surface area contributed by atoms with Gasteiger partial charge in [-0.1, -0.05) is 75.9 Å². The summed E-state index contributed by atoms with van der Waals surface area (Å²) in [4.78, 5) is 10.3. The van der Waals surface area contributed by atoms with Crippen molar-refractivity contribution in [3.05, 3.63) is 66.3 Å². The van der Waals surface area contributed by atoms with Crippen molar-refractivity contribution < 1.29 is 9.90 Å². The van der Waals surface area contributed by atoms with Crippen LogP contribution in [0.1, 0.15) is 32.8 Å². The van der Waals surface area contributed by atoms with Crippen molar-refractivity contribution in [1.29, 1.82) is 5.26 Å². The van der Waals surface area contributed by atoms with E-state index in [1.807, 2.05) is 69.3 Å². The first kappa shape index (κ1) is 19.4. The largest absolute Gasteiger partial charge is 0.478 e. The Morgan fingerprint density at radius 2 is 1.86 bits per heavy atom. The van der Waals surface area contributed by atoms with Crippen LogP contribution < -0.4 is 0 Å². The molecule has 0 aliphatic rings. The number of carbonyl (C=O) groups is 1. The van der Waals surface area contributed by atoms with E-state index in [-0.39, 0.29) is 11.0 Å². The van der Waals surface area contributed by atoms with Crippen LogP contribution in [0.3, 0.4) is 0 Å². The molecule has 0 fully saturated rings. The molecular weight excluding hydrogens is 274 g/mol. The highest BCUT2D eigenvalue weighted by Gasteiger charge is 2.15. The zero-order chi connectivity index (χ0) is 17.0. The molecule has 0 radical (unpaired) electrons. The molecule has 0 aromatic heterocycles. The number of nitriles is 1. The van der Waals surface area contributed by atoms with Crippen molar-refractivity contribution in [2.45, 2.75) is 27.2 Å². The molecule has 0 unspecified atom stereocenters. The standard InChI is InChI=1S/C11H9N.C8H14O2/c12-10-6-2-5-9-11-7-3-1-4-8-11;1-6(7(9)10)5-8(2,3)4/h1-9H;1,5H2,2-4H3,(H,9,10). The summed E-state index contributed by atoms with van der Waals surface area (Å²) in [5.41, 5.74) is 1.45. The summed E-state index contributed by atoms with van der Waals surface area (Å²) in [7, 11) is 0. The second kappa shape index (κ2) is 10.2. The lowest BCUT2D eigenvalue weighted by molar-refractivity contribution is -0.133. The summed E-state index contributed by atoms with van der Waals surface area (Å²) in [6.45, 7) is 9.40. The van der Waals surface area contributed by atoms with Crippen LogP contribution in [-0.2, 0) is 4.79 Å². The summed E-state index contributed by atoms with van der Waals surface area (Å²) in [6.07, 6.45) is 7.50. The van der Waals surface area contributed by atoms with Crippen LogP contribution in [0.15, 0.2) is 60.7 Å². The van der Waals surface area contributed by atoms with Crippen LogP contribution in [0.5, 0.6) is 0 Å². The van der Waals surface area contributed by atoms with Crippen molar-refractivity contribution in [2.75, 3.05) is 0 Å². The van der Waals surface area contributed by atoms with Crippen LogP contribution in [0.25, 0.3) is 6.08 Å². The molecule has 0 saturated carbocycles. The Bertz CT molecular complexity index is 570. The molecule has 0 aliphatic carbocycles. The molecule has 0 bridgehead atoms. The highest BCUT2D eigenvalue weighted by atomic mass is 16.4. The lowest BCUT2D eigenvalue weighted by atomic mass is 9.88. The quantitative estimate of drug-likeness (QED) is 0.491. The van der Waals surface area contributed by atoms with Crippen LogP contribution in [0.4, 0.5) is 0 Å². The van der Waals surface area contributed by atoms with E-state index in [0.29, 0.717) is 6.42 Å². The lowest BCUT2D eigenvalue weighted by Crippen LogP contribution is -2.10. The molecule has 1 N–H and O–H groups in total. The molecular formula is C19H23NO2. The second-order valence-corrected chi connectivity index (χ2v) is 5.90. The zero-order valence-electron chi connectivity index (χ0n) is 13.4. The van der Waals surface area contributed by atoms with Gasteiger partial charge in [0.15, 0.2) is 0 Å². The van der Waals surface area contributed by atoms with E-state index in [1.165, 1.54) is 6.08 Å². The van der Waals surface area contributed by atoms with Gasteiger partial charge in [0.2, 0.25) is 0 Å². The van der Waals surface area contributed by atoms with Gasteiger partial charge >= 0.3 is 5.97 Å². The third-order valence-electron chi connectivity index (χ3n) is 2.42. The minimum absolute atomic E-state index is 0.0233. The first-order valence-corrected chi connectivity index (χ1v) is 6.95. The molecule has 1 aromatic carbocycles. The average Bonchev–Trinajstić information content (AvgIpc) is 2.44. The van der Waals surface area contributed by atoms with Gasteiger partial charge in [-0.15, -0.1) is 0 Å². The normalized spacial score (nSPS) is 10.8. The van der Waals surface area contributed by atoms with E-state index in [0.717, 1.165) is 5.56 Å². The monoisotopic (exact) mass is 297 g/mol. The molecule has 3 heteroatoms. The van der Waals surface area contributed by atoms with Crippen molar-refractivity contribution in [3.63, 3.8) is 0 Å². The Kier molecular flexibility index (Phi) is 8.97. The van der Waals surface area contributed by atoms with E-state index in [4.69, 9.17) is 10.4 Å². The highest BCUT2D eigenvalue weighted by molar-refractivity contribution is 5.85. The number of nitrogens with zero attached hydrogens (tertiary/aromatic N) is 1. The van der Waals surface area contributed by atoms with Gasteiger partial charge in [-0.3, -0.25) is 0 Å². The van der Waals surface area contributed by atoms with Gasteiger partial charge in [0.25, 0.3) is 0 Å². The Balaban J connectivity index is 0.000000409. The lowest BCUT2D eigenvalue weighted by Gasteiger charge is -2.17. The molecule has 116 valence electrons. The maximum atomic E-state index is 10.3. The van der Waals surface area contributed by atoms with Gasteiger partial charge < -0.3 is 5.11 Å². The third-order valence-corrected chi connectivity index (χ3v) is 2.42. The number of hydrogen-bond acceptors (Lipinski definition) is 2. The number of allylic oxidation sites excluding steroid dienone is 3. The molecule has 1 aromatic rings. The van der Waals surface area contributed by atoms with E-state index >= 15 is 0 Å². The Labute approximate surface area is 132 Å². The number of carboxylic acid groups (broad SMARTS) is 1. The molecule has 22 heavy (non-hydrogen) atoms. The first-order valence-electron chi connectivity index (χ1n) is 6.95. The molecule has 0 aliphatic heterocycles. The van der Waals surface area contributed by atoms with Crippen molar-refractivity contribution >= 4 is 12.0 Å². The fourth-order valence-electron chi connectivity index (χ4n) is 1.55. The first-order chi connectivity index (χ1) is 10.3. The summed E-state index contributed by atoms with van der Waals surface area (Å²) in [6, 6.07) is 11.9. The number of rotatable bonds is 4. The van der Waals surface area contributed by atoms with Crippen LogP contribution in [0, 0.1) is 16.7 Å². The zero-order valence-corrected chi connectivity index (χ0v) is 13.4. The number of benzene rings is 1. The van der Waals surface area contributed by atoms with Crippen LogP contribution in [0.2, 0.25) is 0 Å². The number of carboxylic acids is 1. The fourth-order valence-corrected chi connectivity index (χ4v) is 1.55. The van der Waals surface area contributed by atoms with Crippen molar-refractivity contribution in [2.24, 2.45) is 5.41 Å². The van der Waals surface area contributed by atoms with Gasteiger partial charge in [0.05, 0.1) is 6.07 Å². The van der Waals surface area contributed by atoms with Crippen LogP contribution >= 0.6 is 0 Å². The van der Waals surface area contributed by atoms with E-state index < -0.39 is 5.97 Å². The predicted molar refractivity (Wildman–Crippen MR) is 91.1 cm³/mol. The molecule has 0 spiro atoms. The minimum atomic E-state index is -0.894. The molecule has 0 amide bonds. The van der Waals surface area contributed by atoms with Crippen LogP contribution in [-0.4, -0.2) is 11.1 Å². The van der Waals surface area contributed by atoms with Gasteiger partial charge in [-0.25, -0.2) is 4.79 Å². The highest BCUT2D eigenvalue weighted by Crippen LogP contribution is 2.22. The SMILES string of the molecule is C=C(CC(C)(C)C)C(=O)O.N#CC=CC=Cc1ccccc1. The van der Waals surface area contributed by atoms with Gasteiger partial charge in [-0.05, 0) is 17.4 Å². The fraction of sp³-hybridized carbons (Fsp3) is 0.263. The molecule has 0 heterocycles. The summed E-state index contributed by atoms with van der Waals surface area (Å²) < 4.78 is 0. The van der Waals surface area contributed by atoms with E-state index in [2.05, 4.69) is 6.58 Å². The number of aliphatic carboxylic acids is 1. The smallest absolute Gasteiger partial charge is 0.330 e. The maximum Gasteiger partial charge on any atom is 0.330 e. The molecule has 0 saturated heterocycles. The topological polar surface area (TPSA) is 61.1 Å². The van der Waals surface area contributed by atoms with Gasteiger partial charge in [0, 0.05) is 11.6 Å². The maximum absolute atomic E-state index is 10.3. The van der Waals surface area contributed by atoms with Crippen molar-refractivity contribution in [3.8, 4) is 6.07 Å². The summed E-state index contributed by atoms with van der Waals surface area (Å²) in [5, 5.41) is 16.6.